The molecule has 0 saturated carbocycles. The van der Waals surface area contributed by atoms with Crippen molar-refractivity contribution in [2.75, 3.05) is 30.1 Å². The summed E-state index contributed by atoms with van der Waals surface area (Å²) in [5.41, 5.74) is 6.86. The predicted molar refractivity (Wildman–Crippen MR) is 61.0 cm³/mol. The maximum atomic E-state index is 11.3. The van der Waals surface area contributed by atoms with E-state index in [2.05, 4.69) is 5.32 Å². The smallest absolute Gasteiger partial charge is 0.250 e. The summed E-state index contributed by atoms with van der Waals surface area (Å²) in [5.74, 6) is 0.180. The second-order valence-corrected chi connectivity index (χ2v) is 3.29. The first kappa shape index (κ1) is 11.8. The molecular formula is C10H13ClN2O2. The fourth-order valence-corrected chi connectivity index (χ4v) is 1.09. The van der Waals surface area contributed by atoms with E-state index < -0.39 is 0 Å². The number of amides is 1. The number of carbonyl (C=O) groups is 1. The maximum absolute atomic E-state index is 11.3. The van der Waals surface area contributed by atoms with E-state index in [9.17, 15) is 4.79 Å². The largest absolute Gasteiger partial charge is 0.399 e. The minimum atomic E-state index is -0.204. The quantitative estimate of drug-likeness (QED) is 0.456. The highest BCUT2D eigenvalue weighted by Crippen LogP contribution is 2.09. The molecule has 0 aliphatic rings. The molecule has 1 rings (SSSR count). The van der Waals surface area contributed by atoms with Crippen molar-refractivity contribution in [1.82, 2.24) is 0 Å². The lowest BCUT2D eigenvalue weighted by molar-refractivity contribution is -0.120. The number of benzene rings is 1. The number of halogens is 1. The minimum Gasteiger partial charge on any atom is -0.399 e. The van der Waals surface area contributed by atoms with E-state index in [0.717, 1.165) is 0 Å². The first-order valence-corrected chi connectivity index (χ1v) is 5.05. The lowest BCUT2D eigenvalue weighted by Gasteiger charge is -2.05. The Labute approximate surface area is 93.4 Å². The molecule has 0 bridgehead atoms. The van der Waals surface area contributed by atoms with Crippen molar-refractivity contribution in [2.24, 2.45) is 0 Å². The molecule has 3 N–H and O–H groups in total. The summed E-state index contributed by atoms with van der Waals surface area (Å²) >= 11 is 5.39. The average molecular weight is 229 g/mol. The zero-order valence-electron chi connectivity index (χ0n) is 8.20. The van der Waals surface area contributed by atoms with Gasteiger partial charge in [-0.1, -0.05) is 0 Å². The van der Waals surface area contributed by atoms with Crippen LogP contribution in [0.1, 0.15) is 0 Å². The molecular weight excluding hydrogens is 216 g/mol. The van der Waals surface area contributed by atoms with E-state index in [1.165, 1.54) is 0 Å². The lowest BCUT2D eigenvalue weighted by Crippen LogP contribution is -2.18. The van der Waals surface area contributed by atoms with Gasteiger partial charge in [0.15, 0.2) is 0 Å². The molecule has 82 valence electrons. The molecule has 0 spiro atoms. The summed E-state index contributed by atoms with van der Waals surface area (Å²) in [6.45, 7) is 0.383. The van der Waals surface area contributed by atoms with Crippen LogP contribution in [0.4, 0.5) is 11.4 Å². The molecule has 1 amide bonds. The topological polar surface area (TPSA) is 64.3 Å². The van der Waals surface area contributed by atoms with Gasteiger partial charge >= 0.3 is 0 Å². The second-order valence-electron chi connectivity index (χ2n) is 2.91. The van der Waals surface area contributed by atoms with E-state index in [-0.39, 0.29) is 12.5 Å². The number of alkyl halides is 1. The number of ether oxygens (including phenoxy) is 1. The Hall–Kier alpha value is -1.26. The van der Waals surface area contributed by atoms with Gasteiger partial charge in [0, 0.05) is 17.3 Å². The molecule has 0 radical (unpaired) electrons. The Morgan fingerprint density at radius 2 is 2.07 bits per heavy atom. The van der Waals surface area contributed by atoms with E-state index >= 15 is 0 Å². The van der Waals surface area contributed by atoms with Gasteiger partial charge in [-0.15, -0.1) is 11.6 Å². The van der Waals surface area contributed by atoms with E-state index in [1.807, 2.05) is 0 Å². The Balaban J connectivity index is 2.34. The first-order valence-electron chi connectivity index (χ1n) is 4.51. The van der Waals surface area contributed by atoms with E-state index in [1.54, 1.807) is 24.3 Å². The monoisotopic (exact) mass is 228 g/mol. The van der Waals surface area contributed by atoms with Gasteiger partial charge in [0.25, 0.3) is 0 Å². The Morgan fingerprint density at radius 3 is 2.67 bits per heavy atom. The van der Waals surface area contributed by atoms with Crippen molar-refractivity contribution in [3.05, 3.63) is 24.3 Å². The summed E-state index contributed by atoms with van der Waals surface area (Å²) in [5, 5.41) is 2.67. The number of nitrogens with two attached hydrogens (primary N) is 1. The average Bonchev–Trinajstić information content (AvgIpc) is 2.22. The van der Waals surface area contributed by atoms with E-state index in [0.29, 0.717) is 23.9 Å². The molecule has 0 saturated heterocycles. The summed E-state index contributed by atoms with van der Waals surface area (Å²) in [6, 6.07) is 6.90. The molecule has 0 aromatic heterocycles. The molecule has 0 atom stereocenters. The van der Waals surface area contributed by atoms with Gasteiger partial charge in [0.2, 0.25) is 5.91 Å². The molecule has 4 nitrogen and oxygen atoms in total. The fourth-order valence-electron chi connectivity index (χ4n) is 0.983. The van der Waals surface area contributed by atoms with E-state index in [4.69, 9.17) is 22.1 Å². The van der Waals surface area contributed by atoms with Crippen molar-refractivity contribution in [2.45, 2.75) is 0 Å². The van der Waals surface area contributed by atoms with Gasteiger partial charge in [0.05, 0.1) is 6.61 Å². The van der Waals surface area contributed by atoms with Gasteiger partial charge in [-0.2, -0.15) is 0 Å². The SMILES string of the molecule is Nc1ccc(NC(=O)COCCCl)cc1. The molecule has 1 aromatic carbocycles. The third-order valence-electron chi connectivity index (χ3n) is 1.65. The highest BCUT2D eigenvalue weighted by molar-refractivity contribution is 6.17. The Kier molecular flexibility index (Phi) is 4.93. The minimum absolute atomic E-state index is 0.0110. The molecule has 0 unspecified atom stereocenters. The lowest BCUT2D eigenvalue weighted by atomic mass is 10.3. The summed E-state index contributed by atoms with van der Waals surface area (Å²) in [6.07, 6.45) is 0. The standard InChI is InChI=1S/C10H13ClN2O2/c11-5-6-15-7-10(14)13-9-3-1-8(12)2-4-9/h1-4H,5-7,12H2,(H,13,14). The third kappa shape index (κ3) is 4.67. The fraction of sp³-hybridized carbons (Fsp3) is 0.300. The van der Waals surface area contributed by atoms with Crippen LogP contribution in [-0.4, -0.2) is 25.0 Å². The third-order valence-corrected chi connectivity index (χ3v) is 1.80. The normalized spacial score (nSPS) is 9.93. The van der Waals surface area contributed by atoms with Gasteiger partial charge in [-0.25, -0.2) is 0 Å². The number of hydrogen-bond donors (Lipinski definition) is 2. The van der Waals surface area contributed by atoms with Crippen LogP contribution in [0.15, 0.2) is 24.3 Å². The Bertz CT molecular complexity index is 314. The first-order chi connectivity index (χ1) is 7.22. The number of rotatable bonds is 5. The van der Waals surface area contributed by atoms with Crippen LogP contribution in [-0.2, 0) is 9.53 Å². The summed E-state index contributed by atoms with van der Waals surface area (Å²) in [7, 11) is 0. The van der Waals surface area contributed by atoms with Crippen molar-refractivity contribution >= 4 is 28.9 Å². The second kappa shape index (κ2) is 6.27. The van der Waals surface area contributed by atoms with Crippen LogP contribution in [0.2, 0.25) is 0 Å². The zero-order valence-corrected chi connectivity index (χ0v) is 8.96. The molecule has 0 aliphatic heterocycles. The van der Waals surface area contributed by atoms with Crippen LogP contribution in [0.5, 0.6) is 0 Å². The number of hydrogen-bond acceptors (Lipinski definition) is 3. The highest BCUT2D eigenvalue weighted by Gasteiger charge is 2.01. The van der Waals surface area contributed by atoms with Crippen molar-refractivity contribution in [3.8, 4) is 0 Å². The van der Waals surface area contributed by atoms with Gasteiger partial charge in [-0.3, -0.25) is 4.79 Å². The van der Waals surface area contributed by atoms with Crippen molar-refractivity contribution in [1.29, 1.82) is 0 Å². The van der Waals surface area contributed by atoms with Gasteiger partial charge < -0.3 is 15.8 Å². The zero-order chi connectivity index (χ0) is 11.1. The van der Waals surface area contributed by atoms with Gasteiger partial charge in [-0.05, 0) is 24.3 Å². The van der Waals surface area contributed by atoms with Crippen LogP contribution in [0, 0.1) is 0 Å². The molecule has 15 heavy (non-hydrogen) atoms. The predicted octanol–water partition coefficient (Wildman–Crippen LogP) is 1.46. The summed E-state index contributed by atoms with van der Waals surface area (Å²) in [4.78, 5) is 11.3. The number of carbonyl (C=O) groups excluding carboxylic acids is 1. The highest BCUT2D eigenvalue weighted by atomic mass is 35.5. The molecule has 1 aromatic rings. The molecule has 0 heterocycles. The number of nitrogen functional groups attached to an aromatic ring is 1. The summed E-state index contributed by atoms with van der Waals surface area (Å²) < 4.78 is 4.97. The molecule has 5 heteroatoms. The molecule has 0 aliphatic carbocycles. The van der Waals surface area contributed by atoms with Crippen LogP contribution in [0.25, 0.3) is 0 Å². The number of nitrogens with one attached hydrogen (secondary N) is 1. The van der Waals surface area contributed by atoms with Crippen LogP contribution >= 0.6 is 11.6 Å². The maximum Gasteiger partial charge on any atom is 0.250 e. The molecule has 0 fully saturated rings. The number of anilines is 2. The van der Waals surface area contributed by atoms with Crippen molar-refractivity contribution in [3.63, 3.8) is 0 Å². The van der Waals surface area contributed by atoms with Crippen molar-refractivity contribution < 1.29 is 9.53 Å². The Morgan fingerprint density at radius 1 is 1.40 bits per heavy atom. The van der Waals surface area contributed by atoms with Crippen LogP contribution in [0.3, 0.4) is 0 Å². The van der Waals surface area contributed by atoms with Crippen LogP contribution < -0.4 is 11.1 Å². The van der Waals surface area contributed by atoms with Gasteiger partial charge in [0.1, 0.15) is 6.61 Å².